The lowest BCUT2D eigenvalue weighted by Crippen LogP contribution is -2.29. The zero-order valence-corrected chi connectivity index (χ0v) is 35.1. The van der Waals surface area contributed by atoms with Gasteiger partial charge in [-0.1, -0.05) is 150 Å². The van der Waals surface area contributed by atoms with Crippen molar-refractivity contribution in [2.45, 2.75) is 161 Å². The predicted molar refractivity (Wildman–Crippen MR) is 228 cm³/mol. The van der Waals surface area contributed by atoms with E-state index in [0.717, 1.165) is 64.2 Å². The first-order valence-corrected chi connectivity index (χ1v) is 22.3. The molecule has 0 saturated heterocycles. The number of esters is 2. The first-order valence-electron chi connectivity index (χ1n) is 20.7. The first kappa shape index (κ1) is 52.9. The van der Waals surface area contributed by atoms with Gasteiger partial charge in [0.2, 0.25) is 0 Å². The fraction of sp³-hybridized carbons (Fsp3) is 0.600. The number of carbonyl (C=O) groups excluding carboxylic acids is 2. The monoisotopic (exact) mass is 804 g/mol. The summed E-state index contributed by atoms with van der Waals surface area (Å²) in [4.78, 5) is 42.8. The van der Waals surface area contributed by atoms with Crippen LogP contribution in [-0.4, -0.2) is 63.5 Å². The smallest absolute Gasteiger partial charge is 0.462 e. The summed E-state index contributed by atoms with van der Waals surface area (Å²) in [6.07, 6.45) is 46.2. The van der Waals surface area contributed by atoms with Gasteiger partial charge in [-0.15, -0.1) is 0 Å². The minimum absolute atomic E-state index is 0.0495. The van der Waals surface area contributed by atoms with Crippen molar-refractivity contribution in [3.8, 4) is 0 Å². The Kier molecular flexibility index (Phi) is 36.6. The van der Waals surface area contributed by atoms with Gasteiger partial charge in [-0.2, -0.15) is 0 Å². The molecule has 0 aliphatic heterocycles. The number of unbranched alkanes of at least 4 members (excludes halogenated alkanes) is 8. The van der Waals surface area contributed by atoms with Crippen LogP contribution in [0.4, 0.5) is 0 Å². The van der Waals surface area contributed by atoms with E-state index in [0.29, 0.717) is 25.7 Å². The van der Waals surface area contributed by atoms with Gasteiger partial charge in [-0.05, 0) is 77.0 Å². The Hall–Kier alpha value is -3.11. The number of rotatable bonds is 36. The number of allylic oxidation sites excluding steroid dienone is 14. The molecular weight excluding hydrogens is 731 g/mol. The van der Waals surface area contributed by atoms with E-state index in [4.69, 9.17) is 19.3 Å². The van der Waals surface area contributed by atoms with Crippen molar-refractivity contribution >= 4 is 19.8 Å². The normalized spacial score (nSPS) is 14.6. The third-order valence-electron chi connectivity index (χ3n) is 8.28. The molecule has 0 rings (SSSR count). The Labute approximate surface area is 338 Å². The highest BCUT2D eigenvalue weighted by atomic mass is 31.2. The lowest BCUT2D eigenvalue weighted by molar-refractivity contribution is -0.161. The van der Waals surface area contributed by atoms with Gasteiger partial charge < -0.3 is 29.5 Å². The molecule has 0 fully saturated rings. The number of aliphatic hydroxyl groups is 2. The van der Waals surface area contributed by atoms with Crippen LogP contribution in [0.5, 0.6) is 0 Å². The molecule has 11 heteroatoms. The molecule has 0 unspecified atom stereocenters. The Bertz CT molecular complexity index is 1260. The number of hydrogen-bond acceptors (Lipinski definition) is 8. The Morgan fingerprint density at radius 2 is 1.04 bits per heavy atom. The number of ether oxygens (including phenoxy) is 2. The summed E-state index contributed by atoms with van der Waals surface area (Å²) in [5.41, 5.74) is 0. The minimum Gasteiger partial charge on any atom is -0.462 e. The van der Waals surface area contributed by atoms with E-state index < -0.39 is 51.3 Å². The van der Waals surface area contributed by atoms with Gasteiger partial charge in [0.1, 0.15) is 6.61 Å². The van der Waals surface area contributed by atoms with E-state index in [1.54, 1.807) is 18.2 Å². The summed E-state index contributed by atoms with van der Waals surface area (Å²) < 4.78 is 26.2. The molecule has 0 radical (unpaired) electrons. The topological polar surface area (TPSA) is 160 Å². The van der Waals surface area contributed by atoms with Crippen LogP contribution in [0.1, 0.15) is 142 Å². The molecule has 0 aromatic carbocycles. The number of aliphatic hydroxyl groups excluding tert-OH is 2. The van der Waals surface area contributed by atoms with Crippen LogP contribution in [0, 0.1) is 0 Å². The van der Waals surface area contributed by atoms with Crippen molar-refractivity contribution in [3.63, 3.8) is 0 Å². The molecule has 0 bridgehead atoms. The fourth-order valence-electron chi connectivity index (χ4n) is 5.10. The molecule has 3 atom stereocenters. The SMILES string of the molecule is CCCCC/C=C\C/C=C\C/C=C\C/C=C\CCCCCC(=O)OC[C@H](COP(=O)(O)O)OC(=O)CCC[C@H](O)/C=C/C=C\C/C=C\C=C\[C@H](O)CCCCC. The van der Waals surface area contributed by atoms with Gasteiger partial charge in [-0.25, -0.2) is 4.57 Å². The molecule has 0 amide bonds. The first-order chi connectivity index (χ1) is 27.1. The van der Waals surface area contributed by atoms with Crippen molar-refractivity contribution in [2.24, 2.45) is 0 Å². The molecule has 10 nitrogen and oxygen atoms in total. The molecule has 0 aromatic rings. The van der Waals surface area contributed by atoms with Gasteiger partial charge in [0, 0.05) is 12.8 Å². The molecule has 0 heterocycles. The summed E-state index contributed by atoms with van der Waals surface area (Å²) in [5.74, 6) is -1.16. The third-order valence-corrected chi connectivity index (χ3v) is 8.77. The zero-order valence-electron chi connectivity index (χ0n) is 34.2. The maximum atomic E-state index is 12.4. The second-order valence-corrected chi connectivity index (χ2v) is 14.9. The molecule has 0 saturated carbocycles. The van der Waals surface area contributed by atoms with Crippen LogP contribution in [0.15, 0.2) is 97.2 Å². The fourth-order valence-corrected chi connectivity index (χ4v) is 5.46. The second-order valence-electron chi connectivity index (χ2n) is 13.7. The molecular formula is C45H73O10P. The Morgan fingerprint density at radius 3 is 1.59 bits per heavy atom. The Morgan fingerprint density at radius 1 is 0.554 bits per heavy atom. The molecule has 318 valence electrons. The molecule has 0 aliphatic carbocycles. The summed E-state index contributed by atoms with van der Waals surface area (Å²) >= 11 is 0. The Balaban J connectivity index is 4.26. The van der Waals surface area contributed by atoms with Crippen molar-refractivity contribution in [1.29, 1.82) is 0 Å². The number of hydrogen-bond donors (Lipinski definition) is 4. The van der Waals surface area contributed by atoms with Gasteiger partial charge >= 0.3 is 19.8 Å². The van der Waals surface area contributed by atoms with E-state index in [1.807, 2.05) is 30.4 Å². The van der Waals surface area contributed by atoms with E-state index in [1.165, 1.54) is 25.7 Å². The average molecular weight is 805 g/mol. The minimum atomic E-state index is -4.83. The highest BCUT2D eigenvalue weighted by molar-refractivity contribution is 7.46. The number of phosphoric acid groups is 1. The van der Waals surface area contributed by atoms with Crippen LogP contribution in [0.3, 0.4) is 0 Å². The third kappa shape index (κ3) is 40.6. The summed E-state index contributed by atoms with van der Waals surface area (Å²) in [5, 5.41) is 20.1. The summed E-state index contributed by atoms with van der Waals surface area (Å²) in [6.45, 7) is 3.32. The highest BCUT2D eigenvalue weighted by Crippen LogP contribution is 2.36. The lowest BCUT2D eigenvalue weighted by atomic mass is 10.1. The summed E-state index contributed by atoms with van der Waals surface area (Å²) in [6, 6.07) is 0. The van der Waals surface area contributed by atoms with Crippen LogP contribution in [-0.2, 0) is 28.2 Å². The maximum Gasteiger partial charge on any atom is 0.469 e. The largest absolute Gasteiger partial charge is 0.469 e. The standard InChI is InChI=1S/C45H73O10P/c1-3-5-7-8-9-10-11-12-13-14-15-16-17-18-19-20-24-27-31-37-44(48)53-39-43(40-54-56(50,51)52)55-45(49)38-32-36-42(47)35-30-26-23-21-22-25-29-34-41(46)33-28-6-4-2/h9-10,12-13,15-16,18-19,22-23,25-26,29-30,34-35,41-43,46-47H,3-8,11,14,17,20-21,24,27-28,31-33,36-40H2,1-2H3,(H2,50,51,52)/b10-9-,13-12-,16-15-,19-18-,25-22-,26-23-,34-29+,35-30+/t41-,42-,43-/m1/s1. The van der Waals surface area contributed by atoms with Gasteiger partial charge in [-0.3, -0.25) is 14.1 Å². The van der Waals surface area contributed by atoms with Gasteiger partial charge in [0.05, 0.1) is 18.8 Å². The van der Waals surface area contributed by atoms with Gasteiger partial charge in [0.15, 0.2) is 6.10 Å². The number of carbonyl (C=O) groups is 2. The van der Waals surface area contributed by atoms with E-state index in [2.05, 4.69) is 67.0 Å². The molecule has 4 N–H and O–H groups in total. The molecule has 0 aliphatic rings. The lowest BCUT2D eigenvalue weighted by Gasteiger charge is -2.18. The average Bonchev–Trinajstić information content (AvgIpc) is 3.15. The van der Waals surface area contributed by atoms with E-state index in [-0.39, 0.29) is 12.8 Å². The van der Waals surface area contributed by atoms with Crippen LogP contribution < -0.4 is 0 Å². The predicted octanol–water partition coefficient (Wildman–Crippen LogP) is 10.6. The summed E-state index contributed by atoms with van der Waals surface area (Å²) in [7, 11) is -4.83. The molecule has 56 heavy (non-hydrogen) atoms. The maximum absolute atomic E-state index is 12.4. The van der Waals surface area contributed by atoms with Gasteiger partial charge in [0.25, 0.3) is 0 Å². The molecule has 0 aromatic heterocycles. The van der Waals surface area contributed by atoms with Crippen molar-refractivity contribution in [1.82, 2.24) is 0 Å². The van der Waals surface area contributed by atoms with Crippen LogP contribution in [0.25, 0.3) is 0 Å². The second kappa shape index (κ2) is 38.7. The van der Waals surface area contributed by atoms with E-state index >= 15 is 0 Å². The van der Waals surface area contributed by atoms with Crippen molar-refractivity contribution in [3.05, 3.63) is 97.2 Å². The quantitative estimate of drug-likeness (QED) is 0.0158. The number of phosphoric ester groups is 1. The molecule has 0 spiro atoms. The van der Waals surface area contributed by atoms with Crippen LogP contribution >= 0.6 is 7.82 Å². The van der Waals surface area contributed by atoms with Crippen molar-refractivity contribution < 1.29 is 48.2 Å². The highest BCUT2D eigenvalue weighted by Gasteiger charge is 2.23. The van der Waals surface area contributed by atoms with E-state index in [9.17, 15) is 24.4 Å². The van der Waals surface area contributed by atoms with Crippen molar-refractivity contribution in [2.75, 3.05) is 13.2 Å². The van der Waals surface area contributed by atoms with Crippen LogP contribution in [0.2, 0.25) is 0 Å². The zero-order chi connectivity index (χ0) is 41.4.